The van der Waals surface area contributed by atoms with E-state index in [1.165, 1.54) is 5.56 Å². The highest BCUT2D eigenvalue weighted by Gasteiger charge is 2.46. The zero-order chi connectivity index (χ0) is 23.0. The van der Waals surface area contributed by atoms with Gasteiger partial charge in [0.25, 0.3) is 11.7 Å². The van der Waals surface area contributed by atoms with Crippen LogP contribution in [0.1, 0.15) is 53.9 Å². The van der Waals surface area contributed by atoms with Gasteiger partial charge in [-0.25, -0.2) is 0 Å². The van der Waals surface area contributed by atoms with Crippen molar-refractivity contribution in [1.29, 1.82) is 0 Å². The second kappa shape index (κ2) is 8.67. The van der Waals surface area contributed by atoms with Crippen molar-refractivity contribution in [2.45, 2.75) is 39.7 Å². The Labute approximate surface area is 184 Å². The Kier molecular flexibility index (Phi) is 6.36. The van der Waals surface area contributed by atoms with Crippen LogP contribution in [0.25, 0.3) is 5.76 Å². The average Bonchev–Trinajstić information content (AvgIpc) is 3.11. The second-order valence-corrected chi connectivity index (χ2v) is 8.79. The minimum atomic E-state index is -0.656. The summed E-state index contributed by atoms with van der Waals surface area (Å²) in [7, 11) is 5.63. The lowest BCUT2D eigenvalue weighted by Gasteiger charge is -2.27. The molecule has 7 heteroatoms. The highest BCUT2D eigenvalue weighted by atomic mass is 16.3. The van der Waals surface area contributed by atoms with Crippen LogP contribution in [0.2, 0.25) is 0 Å². The van der Waals surface area contributed by atoms with Crippen LogP contribution < -0.4 is 0 Å². The second-order valence-electron chi connectivity index (χ2n) is 8.79. The summed E-state index contributed by atoms with van der Waals surface area (Å²) in [6.07, 6.45) is 0. The van der Waals surface area contributed by atoms with Gasteiger partial charge in [-0.1, -0.05) is 38.1 Å². The van der Waals surface area contributed by atoms with Crippen molar-refractivity contribution in [2.24, 2.45) is 7.05 Å². The monoisotopic (exact) mass is 424 g/mol. The zero-order valence-corrected chi connectivity index (χ0v) is 19.4. The molecule has 0 aliphatic carbocycles. The van der Waals surface area contributed by atoms with Crippen LogP contribution in [-0.2, 0) is 16.6 Å². The van der Waals surface area contributed by atoms with Gasteiger partial charge in [0.05, 0.1) is 22.9 Å². The molecule has 1 atom stereocenters. The first-order valence-electron chi connectivity index (χ1n) is 10.6. The number of aromatic nitrogens is 2. The molecule has 1 aliphatic heterocycles. The van der Waals surface area contributed by atoms with E-state index >= 15 is 0 Å². The molecule has 0 spiro atoms. The van der Waals surface area contributed by atoms with E-state index in [9.17, 15) is 14.7 Å². The first-order valence-corrected chi connectivity index (χ1v) is 10.6. The fourth-order valence-electron chi connectivity index (χ4n) is 4.08. The van der Waals surface area contributed by atoms with Crippen LogP contribution in [0.4, 0.5) is 0 Å². The largest absolute Gasteiger partial charge is 0.507 e. The molecule has 0 saturated carbocycles. The molecule has 1 aromatic heterocycles. The van der Waals surface area contributed by atoms with Crippen LogP contribution in [-0.4, -0.2) is 63.6 Å². The molecule has 3 rings (SSSR count). The molecule has 0 bridgehead atoms. The normalized spacial score (nSPS) is 18.6. The third-order valence-corrected chi connectivity index (χ3v) is 5.99. The summed E-state index contributed by atoms with van der Waals surface area (Å²) in [5.41, 5.74) is 3.97. The molecule has 1 N–H and O–H groups in total. The molecule has 2 aromatic rings. The van der Waals surface area contributed by atoms with Crippen LogP contribution in [0.3, 0.4) is 0 Å². The van der Waals surface area contributed by atoms with Crippen molar-refractivity contribution in [3.8, 4) is 0 Å². The van der Waals surface area contributed by atoms with E-state index in [1.807, 2.05) is 50.2 Å². The summed E-state index contributed by atoms with van der Waals surface area (Å²) in [4.78, 5) is 29.6. The Morgan fingerprint density at radius 3 is 2.26 bits per heavy atom. The number of Topliss-reactive ketones (excluding diaryl/α,β-unsaturated/α-hetero) is 1. The smallest absolute Gasteiger partial charge is 0.295 e. The number of ketones is 1. The quantitative estimate of drug-likeness (QED) is 0.438. The van der Waals surface area contributed by atoms with Gasteiger partial charge in [-0.2, -0.15) is 5.10 Å². The van der Waals surface area contributed by atoms with Crippen LogP contribution in [0.5, 0.6) is 0 Å². The number of hydrogen-bond donors (Lipinski definition) is 1. The molecule has 166 valence electrons. The van der Waals surface area contributed by atoms with Gasteiger partial charge in [0.15, 0.2) is 0 Å². The summed E-state index contributed by atoms with van der Waals surface area (Å²) < 4.78 is 1.67. The van der Waals surface area contributed by atoms with Gasteiger partial charge in [0, 0.05) is 25.8 Å². The number of nitrogens with zero attached hydrogens (tertiary/aromatic N) is 4. The first kappa shape index (κ1) is 22.7. The number of likely N-dealkylation sites (tertiary alicyclic amines) is 1. The molecule has 1 saturated heterocycles. The van der Waals surface area contributed by atoms with Crippen molar-refractivity contribution >= 4 is 17.4 Å². The Bertz CT molecular complexity index is 1030. The first-order chi connectivity index (χ1) is 14.5. The van der Waals surface area contributed by atoms with E-state index in [4.69, 9.17) is 0 Å². The lowest BCUT2D eigenvalue weighted by molar-refractivity contribution is -0.140. The molecular weight excluding hydrogens is 392 g/mol. The minimum Gasteiger partial charge on any atom is -0.507 e. The molecule has 1 aliphatic rings. The topological polar surface area (TPSA) is 78.7 Å². The maximum atomic E-state index is 13.1. The van der Waals surface area contributed by atoms with E-state index < -0.39 is 17.7 Å². The number of amides is 1. The lowest BCUT2D eigenvalue weighted by atomic mass is 9.93. The zero-order valence-electron chi connectivity index (χ0n) is 19.4. The van der Waals surface area contributed by atoms with Crippen molar-refractivity contribution in [3.05, 3.63) is 57.9 Å². The van der Waals surface area contributed by atoms with Crippen LogP contribution in [0, 0.1) is 13.8 Å². The van der Waals surface area contributed by atoms with E-state index in [0.29, 0.717) is 30.3 Å². The molecule has 31 heavy (non-hydrogen) atoms. The number of aliphatic hydroxyl groups excluding tert-OH is 1. The maximum absolute atomic E-state index is 13.1. The third-order valence-electron chi connectivity index (χ3n) is 5.99. The minimum absolute atomic E-state index is 0.125. The predicted octanol–water partition coefficient (Wildman–Crippen LogP) is 3.14. The molecule has 0 radical (unpaired) electrons. The maximum Gasteiger partial charge on any atom is 0.295 e. The van der Waals surface area contributed by atoms with Gasteiger partial charge in [-0.3, -0.25) is 14.3 Å². The van der Waals surface area contributed by atoms with Crippen LogP contribution >= 0.6 is 0 Å². The number of aliphatic hydroxyl groups is 1. The van der Waals surface area contributed by atoms with Crippen molar-refractivity contribution < 1.29 is 14.7 Å². The number of carbonyl (C=O) groups excluding carboxylic acids is 2. The summed E-state index contributed by atoms with van der Waals surface area (Å²) in [6.45, 7) is 8.85. The fourth-order valence-corrected chi connectivity index (χ4v) is 4.08. The lowest BCUT2D eigenvalue weighted by Crippen LogP contribution is -2.35. The van der Waals surface area contributed by atoms with E-state index in [2.05, 4.69) is 18.9 Å². The summed E-state index contributed by atoms with van der Waals surface area (Å²) in [5.74, 6) is -1.03. The Hall–Kier alpha value is -2.93. The third kappa shape index (κ3) is 4.14. The van der Waals surface area contributed by atoms with Gasteiger partial charge in [0.2, 0.25) is 0 Å². The van der Waals surface area contributed by atoms with E-state index in [1.54, 1.807) is 23.6 Å². The summed E-state index contributed by atoms with van der Waals surface area (Å²) in [5, 5.41) is 15.6. The van der Waals surface area contributed by atoms with Gasteiger partial charge in [-0.05, 0) is 45.0 Å². The van der Waals surface area contributed by atoms with Crippen LogP contribution in [0.15, 0.2) is 29.8 Å². The summed E-state index contributed by atoms with van der Waals surface area (Å²) >= 11 is 0. The number of aryl methyl sites for hydroxylation is 2. The van der Waals surface area contributed by atoms with Gasteiger partial charge >= 0.3 is 0 Å². The average molecular weight is 425 g/mol. The molecule has 2 heterocycles. The highest BCUT2D eigenvalue weighted by Crippen LogP contribution is 2.40. The molecule has 0 unspecified atom stereocenters. The standard InChI is InChI=1S/C24H32N4O3/c1-14(2)17-8-10-18(11-9-17)21-20(22(29)19-15(3)25-27(7)16(19)4)23(30)24(31)28(21)13-12-26(5)6/h8-11,14,21,29H,12-13H2,1-7H3/t21-/m1/s1. The summed E-state index contributed by atoms with van der Waals surface area (Å²) in [6, 6.07) is 7.30. The molecule has 1 fully saturated rings. The molecule has 1 aromatic carbocycles. The Morgan fingerprint density at radius 1 is 1.16 bits per heavy atom. The number of rotatable bonds is 6. The van der Waals surface area contributed by atoms with Crippen molar-refractivity contribution in [2.75, 3.05) is 27.2 Å². The molecule has 1 amide bonds. The van der Waals surface area contributed by atoms with Gasteiger partial charge in [0.1, 0.15) is 5.76 Å². The fraction of sp³-hybridized carbons (Fsp3) is 0.458. The van der Waals surface area contributed by atoms with Gasteiger partial charge < -0.3 is 14.9 Å². The predicted molar refractivity (Wildman–Crippen MR) is 121 cm³/mol. The van der Waals surface area contributed by atoms with Gasteiger partial charge in [-0.15, -0.1) is 0 Å². The van der Waals surface area contributed by atoms with E-state index in [-0.39, 0.29) is 11.3 Å². The molecular formula is C24H32N4O3. The molecule has 7 nitrogen and oxygen atoms in total. The Balaban J connectivity index is 2.19. The van der Waals surface area contributed by atoms with Crippen molar-refractivity contribution in [3.63, 3.8) is 0 Å². The SMILES string of the molecule is Cc1nn(C)c(C)c1C(O)=C1C(=O)C(=O)N(CCN(C)C)[C@@H]1c1ccc(C(C)C)cc1. The Morgan fingerprint density at radius 2 is 1.77 bits per heavy atom. The van der Waals surface area contributed by atoms with Crippen molar-refractivity contribution in [1.82, 2.24) is 19.6 Å². The number of benzene rings is 1. The highest BCUT2D eigenvalue weighted by molar-refractivity contribution is 6.46. The number of carbonyl (C=O) groups is 2. The number of hydrogen-bond acceptors (Lipinski definition) is 5. The number of likely N-dealkylation sites (N-methyl/N-ethyl adjacent to an activating group) is 1. The van der Waals surface area contributed by atoms with E-state index in [0.717, 1.165) is 11.3 Å².